The second kappa shape index (κ2) is 11.3. The number of alkyl halides is 2. The Bertz CT molecular complexity index is 479. The molecule has 0 aromatic carbocycles. The van der Waals surface area contributed by atoms with Crippen molar-refractivity contribution in [3.05, 3.63) is 12.2 Å². The summed E-state index contributed by atoms with van der Waals surface area (Å²) in [6, 6.07) is 0. The van der Waals surface area contributed by atoms with Crippen LogP contribution in [-0.2, 0) is 4.74 Å². The van der Waals surface area contributed by atoms with Gasteiger partial charge in [-0.3, -0.25) is 0 Å². The lowest BCUT2D eigenvalue weighted by molar-refractivity contribution is -0.256. The van der Waals surface area contributed by atoms with E-state index in [1.54, 1.807) is 0 Å². The van der Waals surface area contributed by atoms with Gasteiger partial charge in [0.15, 0.2) is 0 Å². The van der Waals surface area contributed by atoms with E-state index in [1.807, 2.05) is 6.92 Å². The van der Waals surface area contributed by atoms with Gasteiger partial charge in [0.05, 0.1) is 6.61 Å². The molecule has 3 fully saturated rings. The second-order valence-electron chi connectivity index (χ2n) is 10.4. The number of hydrogen-bond donors (Lipinski definition) is 0. The molecule has 3 aliphatic carbocycles. The summed E-state index contributed by atoms with van der Waals surface area (Å²) in [5.41, 5.74) is 0. The zero-order valence-corrected chi connectivity index (χ0v) is 18.9. The minimum absolute atomic E-state index is 0.0778. The molecule has 29 heavy (non-hydrogen) atoms. The highest BCUT2D eigenvalue weighted by Gasteiger charge is 2.37. The van der Waals surface area contributed by atoms with E-state index in [0.717, 1.165) is 56.3 Å². The first-order valence-electron chi connectivity index (χ1n) is 12.6. The number of ether oxygens (including phenoxy) is 1. The highest BCUT2D eigenvalue weighted by Crippen LogP contribution is 2.43. The van der Waals surface area contributed by atoms with Gasteiger partial charge in [0.1, 0.15) is 0 Å². The second-order valence-corrected chi connectivity index (χ2v) is 10.4. The first-order valence-corrected chi connectivity index (χ1v) is 12.6. The third kappa shape index (κ3) is 7.33. The molecule has 3 aliphatic rings. The molecule has 0 radical (unpaired) electrons. The van der Waals surface area contributed by atoms with Crippen LogP contribution in [0.1, 0.15) is 104 Å². The Morgan fingerprint density at radius 1 is 0.759 bits per heavy atom. The standard InChI is InChI=1S/C26H44F2O/c1-3-5-21-6-8-22(9-7-21)18-26(27,28)29-19-23-12-16-25(17-13-23)24-14-10-20(4-2)11-15-24/h3,5,20-25H,4,6-19H2,1-2H3/b5-3+. The van der Waals surface area contributed by atoms with Crippen LogP contribution >= 0.6 is 0 Å². The number of halogens is 2. The van der Waals surface area contributed by atoms with Gasteiger partial charge in [-0.15, -0.1) is 0 Å². The summed E-state index contributed by atoms with van der Waals surface area (Å²) in [6.07, 6.45) is 16.8. The molecule has 3 saturated carbocycles. The molecule has 0 atom stereocenters. The molecule has 1 nitrogen and oxygen atoms in total. The minimum atomic E-state index is -2.94. The van der Waals surface area contributed by atoms with Crippen molar-refractivity contribution in [1.29, 1.82) is 0 Å². The van der Waals surface area contributed by atoms with Crippen molar-refractivity contribution in [3.63, 3.8) is 0 Å². The van der Waals surface area contributed by atoms with Crippen molar-refractivity contribution >= 4 is 0 Å². The molecule has 0 heterocycles. The predicted octanol–water partition coefficient (Wildman–Crippen LogP) is 8.39. The fraction of sp³-hybridized carbons (Fsp3) is 0.923. The van der Waals surface area contributed by atoms with Crippen LogP contribution in [0.4, 0.5) is 8.78 Å². The van der Waals surface area contributed by atoms with Crippen LogP contribution in [0.5, 0.6) is 0 Å². The van der Waals surface area contributed by atoms with E-state index in [9.17, 15) is 8.78 Å². The summed E-state index contributed by atoms with van der Waals surface area (Å²) in [7, 11) is 0. The van der Waals surface area contributed by atoms with Gasteiger partial charge in [-0.05, 0) is 107 Å². The van der Waals surface area contributed by atoms with Crippen LogP contribution in [0, 0.1) is 35.5 Å². The lowest BCUT2D eigenvalue weighted by Gasteiger charge is -2.38. The molecule has 0 amide bonds. The molecule has 0 aromatic rings. The average molecular weight is 411 g/mol. The molecule has 3 rings (SSSR count). The summed E-state index contributed by atoms with van der Waals surface area (Å²) in [4.78, 5) is 0. The largest absolute Gasteiger partial charge is 0.356 e. The van der Waals surface area contributed by atoms with E-state index >= 15 is 0 Å². The fourth-order valence-electron chi connectivity index (χ4n) is 6.39. The van der Waals surface area contributed by atoms with Crippen molar-refractivity contribution in [2.24, 2.45) is 35.5 Å². The zero-order valence-electron chi connectivity index (χ0n) is 18.9. The molecule has 0 bridgehead atoms. The monoisotopic (exact) mass is 410 g/mol. The summed E-state index contributed by atoms with van der Waals surface area (Å²) >= 11 is 0. The molecule has 0 aromatic heterocycles. The van der Waals surface area contributed by atoms with Crippen molar-refractivity contribution in [2.45, 2.75) is 110 Å². The van der Waals surface area contributed by atoms with Crippen LogP contribution in [0.3, 0.4) is 0 Å². The Kier molecular flexibility index (Phi) is 9.02. The van der Waals surface area contributed by atoms with E-state index in [1.165, 1.54) is 44.9 Å². The van der Waals surface area contributed by atoms with E-state index in [4.69, 9.17) is 4.74 Å². The van der Waals surface area contributed by atoms with Crippen LogP contribution in [0.2, 0.25) is 0 Å². The maximum atomic E-state index is 14.4. The third-order valence-corrected chi connectivity index (χ3v) is 8.44. The van der Waals surface area contributed by atoms with Gasteiger partial charge in [-0.2, -0.15) is 8.78 Å². The maximum absolute atomic E-state index is 14.4. The van der Waals surface area contributed by atoms with Crippen molar-refractivity contribution in [2.75, 3.05) is 6.61 Å². The Labute approximate surface area is 178 Å². The summed E-state index contributed by atoms with van der Waals surface area (Å²) in [6.45, 7) is 4.62. The van der Waals surface area contributed by atoms with Crippen molar-refractivity contribution in [3.8, 4) is 0 Å². The smallest absolute Gasteiger partial charge is 0.320 e. The predicted molar refractivity (Wildman–Crippen MR) is 117 cm³/mol. The van der Waals surface area contributed by atoms with Gasteiger partial charge in [0.2, 0.25) is 0 Å². The first-order chi connectivity index (χ1) is 14.0. The Balaban J connectivity index is 1.32. The van der Waals surface area contributed by atoms with Crippen LogP contribution in [0.15, 0.2) is 12.2 Å². The normalized spacial score (nSPS) is 37.1. The van der Waals surface area contributed by atoms with Crippen molar-refractivity contribution < 1.29 is 13.5 Å². The SMILES string of the molecule is C/C=C/C1CCC(CC(F)(F)OCC2CCC(C3CCC(CC)CC3)CC2)CC1. The molecular formula is C26H44F2O. The highest BCUT2D eigenvalue weighted by atomic mass is 19.3. The fourth-order valence-corrected chi connectivity index (χ4v) is 6.39. The topological polar surface area (TPSA) is 9.23 Å². The van der Waals surface area contributed by atoms with Gasteiger partial charge in [0.25, 0.3) is 0 Å². The molecule has 0 unspecified atom stereocenters. The lowest BCUT2D eigenvalue weighted by atomic mass is 9.69. The van der Waals surface area contributed by atoms with Gasteiger partial charge >= 0.3 is 6.11 Å². The van der Waals surface area contributed by atoms with Gasteiger partial charge < -0.3 is 4.74 Å². The summed E-state index contributed by atoms with van der Waals surface area (Å²) < 4.78 is 34.0. The highest BCUT2D eigenvalue weighted by molar-refractivity contribution is 4.89. The molecule has 168 valence electrons. The Morgan fingerprint density at radius 3 is 1.79 bits per heavy atom. The van der Waals surface area contributed by atoms with Crippen molar-refractivity contribution in [1.82, 2.24) is 0 Å². The lowest BCUT2D eigenvalue weighted by Crippen LogP contribution is -2.31. The van der Waals surface area contributed by atoms with Crippen LogP contribution in [-0.4, -0.2) is 12.7 Å². The third-order valence-electron chi connectivity index (χ3n) is 8.44. The quantitative estimate of drug-likeness (QED) is 0.365. The molecule has 0 aliphatic heterocycles. The zero-order chi connectivity index (χ0) is 20.7. The van der Waals surface area contributed by atoms with E-state index < -0.39 is 6.11 Å². The first kappa shape index (κ1) is 23.2. The van der Waals surface area contributed by atoms with Gasteiger partial charge in [0, 0.05) is 6.42 Å². The molecular weight excluding hydrogens is 366 g/mol. The summed E-state index contributed by atoms with van der Waals surface area (Å²) in [5, 5.41) is 0. The van der Waals surface area contributed by atoms with Gasteiger partial charge in [-0.1, -0.05) is 38.3 Å². The number of hydrogen-bond acceptors (Lipinski definition) is 1. The Hall–Kier alpha value is -0.440. The molecule has 0 N–H and O–H groups in total. The van der Waals surface area contributed by atoms with Gasteiger partial charge in [-0.25, -0.2) is 0 Å². The molecule has 0 saturated heterocycles. The van der Waals surface area contributed by atoms with Crippen LogP contribution < -0.4 is 0 Å². The average Bonchev–Trinajstić information content (AvgIpc) is 2.74. The maximum Gasteiger partial charge on any atom is 0.356 e. The number of allylic oxidation sites excluding steroid dienone is 2. The van der Waals surface area contributed by atoms with E-state index in [2.05, 4.69) is 19.1 Å². The number of rotatable bonds is 8. The summed E-state index contributed by atoms with van der Waals surface area (Å²) in [5.74, 6) is 3.76. The van der Waals surface area contributed by atoms with E-state index in [0.29, 0.717) is 11.8 Å². The van der Waals surface area contributed by atoms with Crippen LogP contribution in [0.25, 0.3) is 0 Å². The minimum Gasteiger partial charge on any atom is -0.320 e. The molecule has 3 heteroatoms. The molecule has 0 spiro atoms. The Morgan fingerprint density at radius 2 is 1.28 bits per heavy atom. The van der Waals surface area contributed by atoms with E-state index in [-0.39, 0.29) is 18.9 Å².